The molecule has 0 unspecified atom stereocenters. The lowest BCUT2D eigenvalue weighted by Crippen LogP contribution is -2.37. The molecular weight excluding hydrogens is 344 g/mol. The van der Waals surface area contributed by atoms with Crippen LogP contribution in [-0.2, 0) is 4.74 Å². The molecule has 5 nitrogen and oxygen atoms in total. The fourth-order valence-corrected chi connectivity index (χ4v) is 4.37. The van der Waals surface area contributed by atoms with Gasteiger partial charge in [-0.2, -0.15) is 0 Å². The third-order valence-corrected chi connectivity index (χ3v) is 5.65. The summed E-state index contributed by atoms with van der Waals surface area (Å²) in [5.41, 5.74) is 2.28. The zero-order valence-corrected chi connectivity index (χ0v) is 16.2. The Labute approximate surface area is 160 Å². The minimum Gasteiger partial charge on any atom is -0.376 e. The van der Waals surface area contributed by atoms with Crippen LogP contribution in [0.1, 0.15) is 56.2 Å². The van der Waals surface area contributed by atoms with Crippen molar-refractivity contribution in [1.82, 2.24) is 19.8 Å². The Bertz CT molecular complexity index is 754. The molecule has 0 spiro atoms. The van der Waals surface area contributed by atoms with Crippen LogP contribution < -0.4 is 5.32 Å². The maximum absolute atomic E-state index is 5.90. The first-order valence-electron chi connectivity index (χ1n) is 9.41. The second kappa shape index (κ2) is 7.37. The van der Waals surface area contributed by atoms with Gasteiger partial charge in [-0.25, -0.2) is 0 Å². The average molecular weight is 371 g/mol. The van der Waals surface area contributed by atoms with Crippen molar-refractivity contribution in [2.24, 2.45) is 0 Å². The van der Waals surface area contributed by atoms with Gasteiger partial charge in [0.25, 0.3) is 0 Å². The van der Waals surface area contributed by atoms with Gasteiger partial charge >= 0.3 is 0 Å². The number of rotatable bonds is 5. The molecule has 26 heavy (non-hydrogen) atoms. The number of aromatic nitrogens is 2. The van der Waals surface area contributed by atoms with Gasteiger partial charge in [0.2, 0.25) is 0 Å². The fraction of sp³-hybridized carbons (Fsp3) is 0.500. The first-order valence-corrected chi connectivity index (χ1v) is 9.82. The smallest absolute Gasteiger partial charge is 0.170 e. The maximum atomic E-state index is 5.90. The van der Waals surface area contributed by atoms with Gasteiger partial charge in [0.05, 0.1) is 23.9 Å². The van der Waals surface area contributed by atoms with Crippen LogP contribution in [0, 0.1) is 0 Å². The Balaban J connectivity index is 1.72. The van der Waals surface area contributed by atoms with Gasteiger partial charge in [0.1, 0.15) is 0 Å². The topological polar surface area (TPSA) is 42.3 Å². The lowest BCUT2D eigenvalue weighted by Gasteiger charge is -2.31. The summed E-state index contributed by atoms with van der Waals surface area (Å²) in [5.74, 6) is 0. The molecule has 4 heterocycles. The van der Waals surface area contributed by atoms with Crippen molar-refractivity contribution in [3.63, 3.8) is 0 Å². The number of nitrogens with one attached hydrogen (secondary N) is 1. The van der Waals surface area contributed by atoms with E-state index in [2.05, 4.69) is 58.0 Å². The highest BCUT2D eigenvalue weighted by Gasteiger charge is 2.42. The predicted molar refractivity (Wildman–Crippen MR) is 106 cm³/mol. The van der Waals surface area contributed by atoms with Crippen LogP contribution in [0.15, 0.2) is 42.7 Å². The quantitative estimate of drug-likeness (QED) is 0.815. The standard InChI is InChI=1S/C20H26N4OS/c1-14(2)23-11-5-9-17(23)19-18(16-8-3-4-10-21-16)22-20(26)24(19)13-15-7-6-12-25-15/h3-5,8-11,14-15,18-19H,6-7,12-13H2,1-2H3,(H,22,26)/t15-,18+,19+/m0/s1. The fourth-order valence-electron chi connectivity index (χ4n) is 4.06. The molecule has 2 aromatic heterocycles. The molecule has 4 rings (SSSR count). The normalized spacial score (nSPS) is 25.9. The predicted octanol–water partition coefficient (Wildman–Crippen LogP) is 3.62. The van der Waals surface area contributed by atoms with E-state index in [1.807, 2.05) is 18.3 Å². The summed E-state index contributed by atoms with van der Waals surface area (Å²) in [6.45, 7) is 6.10. The van der Waals surface area contributed by atoms with E-state index in [4.69, 9.17) is 17.0 Å². The van der Waals surface area contributed by atoms with E-state index in [1.165, 1.54) is 5.69 Å². The Morgan fingerprint density at radius 1 is 1.31 bits per heavy atom. The molecule has 0 bridgehead atoms. The van der Waals surface area contributed by atoms with Crippen LogP contribution in [0.4, 0.5) is 0 Å². The maximum Gasteiger partial charge on any atom is 0.170 e. The third kappa shape index (κ3) is 3.23. The van der Waals surface area contributed by atoms with E-state index < -0.39 is 0 Å². The monoisotopic (exact) mass is 370 g/mol. The molecule has 0 aromatic carbocycles. The summed E-state index contributed by atoms with van der Waals surface area (Å²) in [7, 11) is 0. The Kier molecular flexibility index (Phi) is 4.96. The lowest BCUT2D eigenvalue weighted by molar-refractivity contribution is 0.0833. The molecule has 138 valence electrons. The molecule has 2 aliphatic heterocycles. The van der Waals surface area contributed by atoms with E-state index >= 15 is 0 Å². The molecule has 0 aliphatic carbocycles. The number of pyridine rings is 1. The zero-order chi connectivity index (χ0) is 18.1. The number of nitrogens with zero attached hydrogens (tertiary/aromatic N) is 3. The van der Waals surface area contributed by atoms with Crippen LogP contribution >= 0.6 is 12.2 Å². The Morgan fingerprint density at radius 2 is 2.19 bits per heavy atom. The second-order valence-corrected chi connectivity index (χ2v) is 7.73. The van der Waals surface area contributed by atoms with Crippen LogP contribution in [0.3, 0.4) is 0 Å². The van der Waals surface area contributed by atoms with Crippen molar-refractivity contribution in [3.8, 4) is 0 Å². The van der Waals surface area contributed by atoms with Gasteiger partial charge in [-0.05, 0) is 63.2 Å². The summed E-state index contributed by atoms with van der Waals surface area (Å²) in [5, 5.41) is 4.31. The molecule has 2 aliphatic rings. The van der Waals surface area contributed by atoms with Crippen LogP contribution in [0.25, 0.3) is 0 Å². The third-order valence-electron chi connectivity index (χ3n) is 5.29. The molecule has 2 aromatic rings. The van der Waals surface area contributed by atoms with Crippen molar-refractivity contribution in [3.05, 3.63) is 54.1 Å². The summed E-state index contributed by atoms with van der Waals surface area (Å²) < 4.78 is 8.23. The van der Waals surface area contributed by atoms with Crippen molar-refractivity contribution in [1.29, 1.82) is 0 Å². The van der Waals surface area contributed by atoms with E-state index in [-0.39, 0.29) is 18.2 Å². The summed E-state index contributed by atoms with van der Waals surface area (Å²) in [6, 6.07) is 10.9. The average Bonchev–Trinajstić information content (AvgIpc) is 3.37. The molecule has 0 radical (unpaired) electrons. The van der Waals surface area contributed by atoms with Crippen LogP contribution in [0.5, 0.6) is 0 Å². The van der Waals surface area contributed by atoms with Crippen molar-refractivity contribution in [2.45, 2.75) is 50.9 Å². The number of thiocarbonyl (C=S) groups is 1. The van der Waals surface area contributed by atoms with Gasteiger partial charge < -0.3 is 19.5 Å². The number of ether oxygens (including phenoxy) is 1. The highest BCUT2D eigenvalue weighted by atomic mass is 32.1. The molecule has 2 saturated heterocycles. The first-order chi connectivity index (χ1) is 12.6. The van der Waals surface area contributed by atoms with E-state index in [0.717, 1.165) is 36.8 Å². The van der Waals surface area contributed by atoms with Crippen molar-refractivity contribution >= 4 is 17.3 Å². The molecule has 3 atom stereocenters. The van der Waals surface area contributed by atoms with E-state index in [9.17, 15) is 0 Å². The number of hydrogen-bond acceptors (Lipinski definition) is 3. The molecule has 0 saturated carbocycles. The molecular formula is C20H26N4OS. The molecule has 6 heteroatoms. The Hall–Kier alpha value is -1.92. The minimum atomic E-state index is 0.0394. The number of hydrogen-bond donors (Lipinski definition) is 1. The highest BCUT2D eigenvalue weighted by molar-refractivity contribution is 7.80. The SMILES string of the molecule is CC(C)n1cccc1[C@@H]1[C@@H](c2ccccn2)NC(=S)N1C[C@@H]1CCCO1. The molecule has 2 fully saturated rings. The highest BCUT2D eigenvalue weighted by Crippen LogP contribution is 2.40. The largest absolute Gasteiger partial charge is 0.376 e. The van der Waals surface area contributed by atoms with Gasteiger partial charge in [-0.1, -0.05) is 6.07 Å². The first kappa shape index (κ1) is 17.5. The summed E-state index contributed by atoms with van der Waals surface area (Å²) >= 11 is 5.73. The van der Waals surface area contributed by atoms with Gasteiger partial charge in [0.15, 0.2) is 5.11 Å². The van der Waals surface area contributed by atoms with Gasteiger partial charge in [0, 0.05) is 37.3 Å². The summed E-state index contributed by atoms with van der Waals surface area (Å²) in [4.78, 5) is 6.91. The molecule has 0 amide bonds. The van der Waals surface area contributed by atoms with E-state index in [0.29, 0.717) is 6.04 Å². The van der Waals surface area contributed by atoms with E-state index in [1.54, 1.807) is 0 Å². The van der Waals surface area contributed by atoms with Crippen molar-refractivity contribution < 1.29 is 4.74 Å². The molecule has 1 N–H and O–H groups in total. The van der Waals surface area contributed by atoms with Gasteiger partial charge in [-0.15, -0.1) is 0 Å². The second-order valence-electron chi connectivity index (χ2n) is 7.35. The van der Waals surface area contributed by atoms with Crippen LogP contribution in [-0.4, -0.2) is 38.8 Å². The van der Waals surface area contributed by atoms with Crippen molar-refractivity contribution in [2.75, 3.05) is 13.2 Å². The Morgan fingerprint density at radius 3 is 2.88 bits per heavy atom. The van der Waals surface area contributed by atoms with Crippen LogP contribution in [0.2, 0.25) is 0 Å². The minimum absolute atomic E-state index is 0.0394. The summed E-state index contributed by atoms with van der Waals surface area (Å²) in [6.07, 6.45) is 6.49. The lowest BCUT2D eigenvalue weighted by atomic mass is 10.0. The van der Waals surface area contributed by atoms with Gasteiger partial charge in [-0.3, -0.25) is 4.98 Å². The zero-order valence-electron chi connectivity index (χ0n) is 15.3.